The summed E-state index contributed by atoms with van der Waals surface area (Å²) in [6.07, 6.45) is 3.67. The minimum absolute atomic E-state index is 1.09. The summed E-state index contributed by atoms with van der Waals surface area (Å²) >= 11 is 7.09. The first-order valence-corrected chi connectivity index (χ1v) is 5.47. The Kier molecular flexibility index (Phi) is 2.39. The summed E-state index contributed by atoms with van der Waals surface area (Å²) in [4.78, 5) is 4.09. The molecule has 0 unspecified atom stereocenters. The molecular formula is C10H7Br2N. The van der Waals surface area contributed by atoms with Crippen molar-refractivity contribution in [3.05, 3.63) is 39.0 Å². The normalized spacial score (nSPS) is 10.7. The van der Waals surface area contributed by atoms with Crippen LogP contribution < -0.4 is 0 Å². The molecule has 0 atom stereocenters. The Hall–Kier alpha value is -0.410. The molecule has 0 spiro atoms. The first kappa shape index (κ1) is 9.16. The van der Waals surface area contributed by atoms with E-state index in [1.807, 2.05) is 12.3 Å². The molecule has 3 heteroatoms. The van der Waals surface area contributed by atoms with Crippen molar-refractivity contribution in [1.82, 2.24) is 4.98 Å². The maximum Gasteiger partial charge on any atom is 0.0358 e. The average Bonchev–Trinajstić information content (AvgIpc) is 2.15. The maximum absolute atomic E-state index is 4.09. The van der Waals surface area contributed by atoms with E-state index in [-0.39, 0.29) is 0 Å². The zero-order valence-corrected chi connectivity index (χ0v) is 10.2. The number of halogens is 2. The van der Waals surface area contributed by atoms with Crippen LogP contribution in [-0.2, 0) is 0 Å². The molecule has 0 aliphatic rings. The van der Waals surface area contributed by atoms with E-state index in [9.17, 15) is 0 Å². The van der Waals surface area contributed by atoms with E-state index < -0.39 is 0 Å². The summed E-state index contributed by atoms with van der Waals surface area (Å²) in [5, 5.41) is 2.34. The first-order chi connectivity index (χ1) is 6.20. The van der Waals surface area contributed by atoms with Crippen LogP contribution in [0, 0.1) is 6.92 Å². The number of aromatic nitrogens is 1. The van der Waals surface area contributed by atoms with Gasteiger partial charge in [-0.05, 0) is 40.5 Å². The number of rotatable bonds is 0. The summed E-state index contributed by atoms with van der Waals surface area (Å²) in [7, 11) is 0. The van der Waals surface area contributed by atoms with Crippen LogP contribution in [0.2, 0.25) is 0 Å². The Morgan fingerprint density at radius 2 is 2.00 bits per heavy atom. The largest absolute Gasteiger partial charge is 0.264 e. The molecule has 66 valence electrons. The van der Waals surface area contributed by atoms with Gasteiger partial charge in [0.05, 0.1) is 0 Å². The molecule has 1 nitrogen and oxygen atoms in total. The minimum atomic E-state index is 1.09. The number of fused-ring (bicyclic) bond motifs is 1. The van der Waals surface area contributed by atoms with E-state index in [1.165, 1.54) is 10.9 Å². The standard InChI is InChI=1S/C10H7Br2N/c1-6-4-9(11)8-5-13-3-2-7(8)10(6)12/h2-5H,1H3. The third-order valence-electron chi connectivity index (χ3n) is 2.00. The predicted molar refractivity (Wildman–Crippen MR) is 61.9 cm³/mol. The van der Waals surface area contributed by atoms with Crippen molar-refractivity contribution in [2.45, 2.75) is 6.92 Å². The molecule has 2 rings (SSSR count). The van der Waals surface area contributed by atoms with Crippen molar-refractivity contribution in [2.75, 3.05) is 0 Å². The number of pyridine rings is 1. The highest BCUT2D eigenvalue weighted by Gasteiger charge is 2.04. The second kappa shape index (κ2) is 3.39. The lowest BCUT2D eigenvalue weighted by atomic mass is 10.1. The summed E-state index contributed by atoms with van der Waals surface area (Å²) < 4.78 is 2.24. The van der Waals surface area contributed by atoms with Crippen molar-refractivity contribution in [2.24, 2.45) is 0 Å². The zero-order valence-electron chi connectivity index (χ0n) is 7.01. The van der Waals surface area contributed by atoms with Crippen molar-refractivity contribution in [3.63, 3.8) is 0 Å². The van der Waals surface area contributed by atoms with Crippen LogP contribution in [0.4, 0.5) is 0 Å². The molecule has 2 aromatic rings. The summed E-state index contributed by atoms with van der Waals surface area (Å²) in [6.45, 7) is 2.08. The summed E-state index contributed by atoms with van der Waals surface area (Å²) in [6, 6.07) is 4.10. The summed E-state index contributed by atoms with van der Waals surface area (Å²) in [5.41, 5.74) is 1.23. The third kappa shape index (κ3) is 1.51. The molecule has 0 radical (unpaired) electrons. The van der Waals surface area contributed by atoms with Gasteiger partial charge in [0.15, 0.2) is 0 Å². The molecule has 0 aliphatic carbocycles. The van der Waals surface area contributed by atoms with Gasteiger partial charge in [0, 0.05) is 32.1 Å². The SMILES string of the molecule is Cc1cc(Br)c2cnccc2c1Br. The molecule has 0 N–H and O–H groups in total. The molecule has 0 amide bonds. The van der Waals surface area contributed by atoms with Gasteiger partial charge in [0.1, 0.15) is 0 Å². The van der Waals surface area contributed by atoms with Crippen LogP contribution in [0.3, 0.4) is 0 Å². The van der Waals surface area contributed by atoms with Gasteiger partial charge >= 0.3 is 0 Å². The van der Waals surface area contributed by atoms with Gasteiger partial charge in [0.2, 0.25) is 0 Å². The highest BCUT2D eigenvalue weighted by atomic mass is 79.9. The number of nitrogens with zero attached hydrogens (tertiary/aromatic N) is 1. The average molecular weight is 301 g/mol. The highest BCUT2D eigenvalue weighted by molar-refractivity contribution is 9.11. The lowest BCUT2D eigenvalue weighted by Crippen LogP contribution is -1.82. The number of aryl methyl sites for hydroxylation is 1. The summed E-state index contributed by atoms with van der Waals surface area (Å²) in [5.74, 6) is 0. The number of hydrogen-bond acceptors (Lipinski definition) is 1. The molecule has 1 heterocycles. The van der Waals surface area contributed by atoms with Gasteiger partial charge < -0.3 is 0 Å². The quantitative estimate of drug-likeness (QED) is 0.715. The predicted octanol–water partition coefficient (Wildman–Crippen LogP) is 4.07. The molecule has 0 saturated carbocycles. The topological polar surface area (TPSA) is 12.9 Å². The first-order valence-electron chi connectivity index (χ1n) is 3.88. The van der Waals surface area contributed by atoms with Crippen LogP contribution in [-0.4, -0.2) is 4.98 Å². The van der Waals surface area contributed by atoms with Crippen LogP contribution in [0.5, 0.6) is 0 Å². The second-order valence-corrected chi connectivity index (χ2v) is 4.56. The monoisotopic (exact) mass is 299 g/mol. The molecule has 0 fully saturated rings. The maximum atomic E-state index is 4.09. The van der Waals surface area contributed by atoms with E-state index >= 15 is 0 Å². The molecule has 1 aromatic carbocycles. The van der Waals surface area contributed by atoms with E-state index in [4.69, 9.17) is 0 Å². The van der Waals surface area contributed by atoms with Crippen LogP contribution >= 0.6 is 31.9 Å². The second-order valence-electron chi connectivity index (χ2n) is 2.91. The van der Waals surface area contributed by atoms with E-state index in [0.29, 0.717) is 0 Å². The van der Waals surface area contributed by atoms with Crippen molar-refractivity contribution < 1.29 is 0 Å². The van der Waals surface area contributed by atoms with Crippen molar-refractivity contribution in [3.8, 4) is 0 Å². The van der Waals surface area contributed by atoms with Gasteiger partial charge in [-0.15, -0.1) is 0 Å². The number of benzene rings is 1. The van der Waals surface area contributed by atoms with Gasteiger partial charge in [-0.1, -0.05) is 15.9 Å². The van der Waals surface area contributed by atoms with Gasteiger partial charge in [0.25, 0.3) is 0 Å². The highest BCUT2D eigenvalue weighted by Crippen LogP contribution is 2.32. The van der Waals surface area contributed by atoms with Gasteiger partial charge in [-0.3, -0.25) is 4.98 Å². The molecule has 0 bridgehead atoms. The third-order valence-corrected chi connectivity index (χ3v) is 3.71. The Bertz CT molecular complexity index is 466. The smallest absolute Gasteiger partial charge is 0.0358 e. The fourth-order valence-corrected chi connectivity index (χ4v) is 2.44. The van der Waals surface area contributed by atoms with E-state index in [0.717, 1.165) is 14.3 Å². The van der Waals surface area contributed by atoms with Gasteiger partial charge in [-0.2, -0.15) is 0 Å². The Balaban J connectivity index is 2.97. The van der Waals surface area contributed by atoms with Crippen LogP contribution in [0.1, 0.15) is 5.56 Å². The lowest BCUT2D eigenvalue weighted by Gasteiger charge is -2.05. The molecular weight excluding hydrogens is 294 g/mol. The Morgan fingerprint density at radius 1 is 1.23 bits per heavy atom. The van der Waals surface area contributed by atoms with Crippen molar-refractivity contribution >= 4 is 42.6 Å². The Labute approximate surface area is 93.4 Å². The molecule has 0 saturated heterocycles. The molecule has 1 aromatic heterocycles. The minimum Gasteiger partial charge on any atom is -0.264 e. The van der Waals surface area contributed by atoms with Crippen LogP contribution in [0.15, 0.2) is 33.5 Å². The number of hydrogen-bond donors (Lipinski definition) is 0. The fraction of sp³-hybridized carbons (Fsp3) is 0.100. The lowest BCUT2D eigenvalue weighted by molar-refractivity contribution is 1.35. The molecule has 0 aliphatic heterocycles. The fourth-order valence-electron chi connectivity index (χ4n) is 1.32. The molecule has 13 heavy (non-hydrogen) atoms. The van der Waals surface area contributed by atoms with Crippen molar-refractivity contribution in [1.29, 1.82) is 0 Å². The zero-order chi connectivity index (χ0) is 9.42. The Morgan fingerprint density at radius 3 is 2.77 bits per heavy atom. The van der Waals surface area contributed by atoms with E-state index in [2.05, 4.69) is 49.8 Å². The van der Waals surface area contributed by atoms with E-state index in [1.54, 1.807) is 6.20 Å². The van der Waals surface area contributed by atoms with Gasteiger partial charge in [-0.25, -0.2) is 0 Å². The van der Waals surface area contributed by atoms with Crippen LogP contribution in [0.25, 0.3) is 10.8 Å².